The fraction of sp³-hybridized carbons (Fsp3) is 0.400. The van der Waals surface area contributed by atoms with Crippen LogP contribution in [0, 0.1) is 5.92 Å². The Kier molecular flexibility index (Phi) is 3.97. The molecule has 1 aromatic rings. The number of carbonyl (C=O) groups is 1. The van der Waals surface area contributed by atoms with Crippen LogP contribution in [0.2, 0.25) is 0 Å². The third-order valence-electron chi connectivity index (χ3n) is 3.16. The molecule has 0 spiro atoms. The lowest BCUT2D eigenvalue weighted by molar-refractivity contribution is -0.153. The van der Waals surface area contributed by atoms with Gasteiger partial charge in [-0.3, -0.25) is 4.79 Å². The average molecular weight is 230 g/mol. The fourth-order valence-corrected chi connectivity index (χ4v) is 2.07. The molecule has 1 aliphatic carbocycles. The number of rotatable bonds is 3. The van der Waals surface area contributed by atoms with Crippen molar-refractivity contribution in [1.29, 1.82) is 0 Å². The maximum atomic E-state index is 11.9. The van der Waals surface area contributed by atoms with E-state index in [4.69, 9.17) is 4.74 Å². The van der Waals surface area contributed by atoms with E-state index in [0.717, 1.165) is 24.8 Å². The standard InChI is InChI=1S/C15H18O2/c1-12(13-8-4-2-5-9-13)17-15(16)14-10-6-3-7-11-14/h2-6,8-9,12,14H,7,10-11H2,1H3. The second-order valence-electron chi connectivity index (χ2n) is 4.47. The SMILES string of the molecule is CC(OC(=O)C1CC=CCC1)c1ccccc1. The van der Waals surface area contributed by atoms with Gasteiger partial charge in [-0.1, -0.05) is 42.5 Å². The maximum Gasteiger partial charge on any atom is 0.309 e. The van der Waals surface area contributed by atoms with Gasteiger partial charge in [-0.25, -0.2) is 0 Å². The molecule has 2 unspecified atom stereocenters. The summed E-state index contributed by atoms with van der Waals surface area (Å²) >= 11 is 0. The lowest BCUT2D eigenvalue weighted by atomic mass is 9.94. The smallest absolute Gasteiger partial charge is 0.309 e. The first kappa shape index (κ1) is 11.9. The van der Waals surface area contributed by atoms with Crippen LogP contribution in [0.3, 0.4) is 0 Å². The van der Waals surface area contributed by atoms with Crippen LogP contribution in [0.5, 0.6) is 0 Å². The van der Waals surface area contributed by atoms with Gasteiger partial charge in [0.2, 0.25) is 0 Å². The molecule has 2 nitrogen and oxygen atoms in total. The molecule has 0 radical (unpaired) electrons. The molecule has 2 rings (SSSR count). The summed E-state index contributed by atoms with van der Waals surface area (Å²) < 4.78 is 5.50. The second-order valence-corrected chi connectivity index (χ2v) is 4.47. The highest BCUT2D eigenvalue weighted by atomic mass is 16.5. The molecule has 0 amide bonds. The Labute approximate surface area is 102 Å². The van der Waals surface area contributed by atoms with Crippen molar-refractivity contribution in [3.8, 4) is 0 Å². The van der Waals surface area contributed by atoms with E-state index in [2.05, 4.69) is 12.2 Å². The summed E-state index contributed by atoms with van der Waals surface area (Å²) in [5.41, 5.74) is 1.05. The molecule has 0 heterocycles. The molecule has 2 heteroatoms. The van der Waals surface area contributed by atoms with Crippen molar-refractivity contribution in [2.75, 3.05) is 0 Å². The van der Waals surface area contributed by atoms with Crippen LogP contribution >= 0.6 is 0 Å². The van der Waals surface area contributed by atoms with Crippen LogP contribution in [0.15, 0.2) is 42.5 Å². The van der Waals surface area contributed by atoms with Gasteiger partial charge >= 0.3 is 5.97 Å². The zero-order chi connectivity index (χ0) is 12.1. The van der Waals surface area contributed by atoms with Gasteiger partial charge < -0.3 is 4.74 Å². The quantitative estimate of drug-likeness (QED) is 0.585. The van der Waals surface area contributed by atoms with Crippen LogP contribution in [0.25, 0.3) is 0 Å². The molecule has 1 aromatic carbocycles. The Bertz CT molecular complexity index is 395. The average Bonchev–Trinajstić information content (AvgIpc) is 2.40. The molecule has 0 aliphatic heterocycles. The number of ether oxygens (including phenoxy) is 1. The number of hydrogen-bond acceptors (Lipinski definition) is 2. The van der Waals surface area contributed by atoms with Crippen molar-refractivity contribution in [3.05, 3.63) is 48.0 Å². The van der Waals surface area contributed by atoms with Gasteiger partial charge in [0.1, 0.15) is 6.10 Å². The van der Waals surface area contributed by atoms with Crippen LogP contribution < -0.4 is 0 Å². The Morgan fingerprint density at radius 1 is 1.29 bits per heavy atom. The predicted octanol–water partition coefficient (Wildman–Crippen LogP) is 3.65. The third kappa shape index (κ3) is 3.19. The van der Waals surface area contributed by atoms with Crippen molar-refractivity contribution >= 4 is 5.97 Å². The zero-order valence-electron chi connectivity index (χ0n) is 10.1. The summed E-state index contributed by atoms with van der Waals surface area (Å²) in [6, 6.07) is 9.85. The molecule has 0 N–H and O–H groups in total. The summed E-state index contributed by atoms with van der Waals surface area (Å²) in [7, 11) is 0. The van der Waals surface area contributed by atoms with E-state index >= 15 is 0 Å². The van der Waals surface area contributed by atoms with Gasteiger partial charge in [-0.05, 0) is 31.7 Å². The Balaban J connectivity index is 1.92. The van der Waals surface area contributed by atoms with Crippen molar-refractivity contribution in [1.82, 2.24) is 0 Å². The molecule has 1 aliphatic rings. The van der Waals surface area contributed by atoms with Crippen LogP contribution in [0.1, 0.15) is 37.9 Å². The van der Waals surface area contributed by atoms with Crippen molar-refractivity contribution in [3.63, 3.8) is 0 Å². The van der Waals surface area contributed by atoms with Gasteiger partial charge in [0.05, 0.1) is 5.92 Å². The molecule has 90 valence electrons. The van der Waals surface area contributed by atoms with Gasteiger partial charge in [0.15, 0.2) is 0 Å². The van der Waals surface area contributed by atoms with Crippen LogP contribution in [-0.4, -0.2) is 5.97 Å². The molecule has 17 heavy (non-hydrogen) atoms. The topological polar surface area (TPSA) is 26.3 Å². The van der Waals surface area contributed by atoms with E-state index in [1.54, 1.807) is 0 Å². The Morgan fingerprint density at radius 3 is 2.71 bits per heavy atom. The van der Waals surface area contributed by atoms with E-state index in [1.807, 2.05) is 37.3 Å². The van der Waals surface area contributed by atoms with Crippen molar-refractivity contribution in [2.45, 2.75) is 32.3 Å². The summed E-state index contributed by atoms with van der Waals surface area (Å²) in [6.45, 7) is 1.92. The molecule has 0 saturated heterocycles. The van der Waals surface area contributed by atoms with E-state index in [1.165, 1.54) is 0 Å². The summed E-state index contributed by atoms with van der Waals surface area (Å²) in [4.78, 5) is 11.9. The zero-order valence-corrected chi connectivity index (χ0v) is 10.1. The first-order valence-corrected chi connectivity index (χ1v) is 6.18. The fourth-order valence-electron chi connectivity index (χ4n) is 2.07. The second kappa shape index (κ2) is 5.67. The number of benzene rings is 1. The minimum absolute atomic E-state index is 0.0474. The monoisotopic (exact) mass is 230 g/mol. The van der Waals surface area contributed by atoms with E-state index in [0.29, 0.717) is 0 Å². The van der Waals surface area contributed by atoms with Crippen molar-refractivity contribution in [2.24, 2.45) is 5.92 Å². The number of hydrogen-bond donors (Lipinski definition) is 0. The summed E-state index contributed by atoms with van der Waals surface area (Å²) in [5.74, 6) is -0.0168. The Morgan fingerprint density at radius 2 is 2.06 bits per heavy atom. The number of allylic oxidation sites excluding steroid dienone is 2. The number of carbonyl (C=O) groups excluding carboxylic acids is 1. The highest BCUT2D eigenvalue weighted by molar-refractivity contribution is 5.73. The van der Waals surface area contributed by atoms with E-state index in [9.17, 15) is 4.79 Å². The lowest BCUT2D eigenvalue weighted by Gasteiger charge is -2.20. The predicted molar refractivity (Wildman–Crippen MR) is 67.4 cm³/mol. The van der Waals surface area contributed by atoms with Gasteiger partial charge in [0, 0.05) is 0 Å². The Hall–Kier alpha value is -1.57. The molecule has 0 aromatic heterocycles. The van der Waals surface area contributed by atoms with Gasteiger partial charge in [-0.2, -0.15) is 0 Å². The lowest BCUT2D eigenvalue weighted by Crippen LogP contribution is -2.20. The normalized spacial score (nSPS) is 20.9. The maximum absolute atomic E-state index is 11.9. The molecule has 0 bridgehead atoms. The van der Waals surface area contributed by atoms with E-state index in [-0.39, 0.29) is 18.0 Å². The summed E-state index contributed by atoms with van der Waals surface area (Å²) in [6.07, 6.45) is 6.76. The number of esters is 1. The van der Waals surface area contributed by atoms with Gasteiger partial charge in [0.25, 0.3) is 0 Å². The largest absolute Gasteiger partial charge is 0.458 e. The molecular weight excluding hydrogens is 212 g/mol. The van der Waals surface area contributed by atoms with Crippen LogP contribution in [0.4, 0.5) is 0 Å². The van der Waals surface area contributed by atoms with Gasteiger partial charge in [-0.15, -0.1) is 0 Å². The minimum atomic E-state index is -0.158. The van der Waals surface area contributed by atoms with Crippen LogP contribution in [-0.2, 0) is 9.53 Å². The molecule has 0 fully saturated rings. The first-order chi connectivity index (χ1) is 8.27. The first-order valence-electron chi connectivity index (χ1n) is 6.18. The molecule has 2 atom stereocenters. The summed E-state index contributed by atoms with van der Waals surface area (Å²) in [5, 5.41) is 0. The highest BCUT2D eigenvalue weighted by Crippen LogP contribution is 2.23. The molecule has 0 saturated carbocycles. The minimum Gasteiger partial charge on any atom is -0.458 e. The molecular formula is C15H18O2. The van der Waals surface area contributed by atoms with E-state index < -0.39 is 0 Å². The highest BCUT2D eigenvalue weighted by Gasteiger charge is 2.22. The van der Waals surface area contributed by atoms with Crippen molar-refractivity contribution < 1.29 is 9.53 Å². The third-order valence-corrected chi connectivity index (χ3v) is 3.16.